The number of amides is 1. The number of rotatable bonds is 3. The smallest absolute Gasteiger partial charge is 0.339 e. The highest BCUT2D eigenvalue weighted by Gasteiger charge is 2.48. The third-order valence-electron chi connectivity index (χ3n) is 5.92. The van der Waals surface area contributed by atoms with E-state index in [0.717, 1.165) is 5.56 Å². The largest absolute Gasteiger partial charge is 0.450 e. The molecular formula is C22H19FN4O3. The number of aromatic nitrogens is 3. The van der Waals surface area contributed by atoms with Crippen molar-refractivity contribution in [1.82, 2.24) is 14.8 Å². The van der Waals surface area contributed by atoms with Gasteiger partial charge in [-0.3, -0.25) is 9.78 Å². The summed E-state index contributed by atoms with van der Waals surface area (Å²) in [5.74, 6) is -0.704. The SMILES string of the molecule is O=C1O[C@]2(CC[C@@H](C(=O)Nc3ccn(-c4ccccc4F)n3)CC2)c2cnccc21. The lowest BCUT2D eigenvalue weighted by Gasteiger charge is -2.35. The molecule has 1 fully saturated rings. The number of pyridine rings is 1. The number of anilines is 1. The van der Waals surface area contributed by atoms with Crippen molar-refractivity contribution in [1.29, 1.82) is 0 Å². The van der Waals surface area contributed by atoms with Gasteiger partial charge >= 0.3 is 5.97 Å². The van der Waals surface area contributed by atoms with Gasteiger partial charge in [0.05, 0.1) is 5.56 Å². The van der Waals surface area contributed by atoms with Gasteiger partial charge in [0.2, 0.25) is 5.91 Å². The van der Waals surface area contributed by atoms with Gasteiger partial charge in [-0.15, -0.1) is 5.10 Å². The monoisotopic (exact) mass is 406 g/mol. The van der Waals surface area contributed by atoms with Crippen molar-refractivity contribution >= 4 is 17.7 Å². The van der Waals surface area contributed by atoms with E-state index in [-0.39, 0.29) is 17.8 Å². The Labute approximate surface area is 171 Å². The fourth-order valence-electron chi connectivity index (χ4n) is 4.33. The van der Waals surface area contributed by atoms with Crippen LogP contribution in [0, 0.1) is 11.7 Å². The van der Waals surface area contributed by atoms with E-state index >= 15 is 0 Å². The number of carbonyl (C=O) groups is 2. The van der Waals surface area contributed by atoms with Crippen LogP contribution >= 0.6 is 0 Å². The number of carbonyl (C=O) groups excluding carboxylic acids is 2. The number of nitrogens with zero attached hydrogens (tertiary/aromatic N) is 3. The first-order valence-corrected chi connectivity index (χ1v) is 9.85. The zero-order chi connectivity index (χ0) is 20.7. The van der Waals surface area contributed by atoms with Crippen LogP contribution < -0.4 is 5.32 Å². The van der Waals surface area contributed by atoms with Gasteiger partial charge in [-0.1, -0.05) is 12.1 Å². The predicted molar refractivity (Wildman–Crippen MR) is 105 cm³/mol. The van der Waals surface area contributed by atoms with Crippen molar-refractivity contribution in [2.45, 2.75) is 31.3 Å². The molecule has 3 heterocycles. The van der Waals surface area contributed by atoms with E-state index in [1.54, 1.807) is 48.9 Å². The van der Waals surface area contributed by atoms with Crippen LogP contribution in [0.3, 0.4) is 0 Å². The molecule has 1 aliphatic heterocycles. The molecule has 0 atom stereocenters. The van der Waals surface area contributed by atoms with E-state index in [1.165, 1.54) is 10.7 Å². The number of hydrogen-bond donors (Lipinski definition) is 1. The van der Waals surface area contributed by atoms with Crippen molar-refractivity contribution in [2.75, 3.05) is 5.32 Å². The zero-order valence-corrected chi connectivity index (χ0v) is 16.0. The van der Waals surface area contributed by atoms with Crippen LogP contribution in [-0.2, 0) is 15.1 Å². The van der Waals surface area contributed by atoms with Crippen LogP contribution in [0.4, 0.5) is 10.2 Å². The van der Waals surface area contributed by atoms with Crippen molar-refractivity contribution in [3.8, 4) is 5.69 Å². The zero-order valence-electron chi connectivity index (χ0n) is 16.0. The molecule has 1 aromatic carbocycles. The molecule has 0 saturated heterocycles. The molecule has 2 aromatic heterocycles. The maximum atomic E-state index is 13.9. The van der Waals surface area contributed by atoms with Gasteiger partial charge < -0.3 is 10.1 Å². The summed E-state index contributed by atoms with van der Waals surface area (Å²) in [5, 5.41) is 7.07. The number of para-hydroxylation sites is 1. The summed E-state index contributed by atoms with van der Waals surface area (Å²) in [6, 6.07) is 9.61. The fraction of sp³-hybridized carbons (Fsp3) is 0.273. The summed E-state index contributed by atoms with van der Waals surface area (Å²) in [6.45, 7) is 0. The number of ether oxygens (including phenoxy) is 1. The highest BCUT2D eigenvalue weighted by Crippen LogP contribution is 2.47. The topological polar surface area (TPSA) is 86.1 Å². The Morgan fingerprint density at radius 1 is 1.20 bits per heavy atom. The highest BCUT2D eigenvalue weighted by atomic mass is 19.1. The van der Waals surface area contributed by atoms with Crippen molar-refractivity contribution in [3.63, 3.8) is 0 Å². The number of benzene rings is 1. The Bertz CT molecular complexity index is 1130. The molecule has 1 amide bonds. The van der Waals surface area contributed by atoms with E-state index in [2.05, 4.69) is 15.4 Å². The minimum absolute atomic E-state index is 0.139. The summed E-state index contributed by atoms with van der Waals surface area (Å²) in [7, 11) is 0. The molecular weight excluding hydrogens is 387 g/mol. The maximum Gasteiger partial charge on any atom is 0.339 e. The van der Waals surface area contributed by atoms with Gasteiger partial charge in [-0.25, -0.2) is 13.9 Å². The lowest BCUT2D eigenvalue weighted by atomic mass is 9.75. The first kappa shape index (κ1) is 18.5. The number of esters is 1. The molecule has 8 heteroatoms. The van der Waals surface area contributed by atoms with Crippen LogP contribution in [0.15, 0.2) is 55.0 Å². The molecule has 2 aliphatic rings. The number of fused-ring (bicyclic) bond motifs is 2. The second kappa shape index (κ2) is 7.05. The first-order valence-electron chi connectivity index (χ1n) is 9.85. The second-order valence-electron chi connectivity index (χ2n) is 7.67. The van der Waals surface area contributed by atoms with Gasteiger partial charge in [0.25, 0.3) is 0 Å². The summed E-state index contributed by atoms with van der Waals surface area (Å²) >= 11 is 0. The van der Waals surface area contributed by atoms with Crippen molar-refractivity contribution < 1.29 is 18.7 Å². The third-order valence-corrected chi connectivity index (χ3v) is 5.92. The van der Waals surface area contributed by atoms with Crippen LogP contribution in [-0.4, -0.2) is 26.6 Å². The van der Waals surface area contributed by atoms with Crippen molar-refractivity contribution in [3.05, 3.63) is 71.9 Å². The molecule has 1 saturated carbocycles. The number of halogens is 1. The average Bonchev–Trinajstić information content (AvgIpc) is 3.32. The predicted octanol–water partition coefficient (Wildman–Crippen LogP) is 3.60. The van der Waals surface area contributed by atoms with Gasteiger partial charge in [0.1, 0.15) is 17.1 Å². The Balaban J connectivity index is 1.25. The molecule has 0 radical (unpaired) electrons. The maximum absolute atomic E-state index is 13.9. The van der Waals surface area contributed by atoms with Crippen LogP contribution in [0.25, 0.3) is 5.69 Å². The highest BCUT2D eigenvalue weighted by molar-refractivity contribution is 5.95. The minimum Gasteiger partial charge on any atom is -0.450 e. The van der Waals surface area contributed by atoms with E-state index in [0.29, 0.717) is 42.8 Å². The first-order chi connectivity index (χ1) is 14.6. The van der Waals surface area contributed by atoms with Gasteiger partial charge in [-0.05, 0) is 43.9 Å². The summed E-state index contributed by atoms with van der Waals surface area (Å²) < 4.78 is 21.0. The van der Waals surface area contributed by atoms with Crippen molar-refractivity contribution in [2.24, 2.45) is 5.92 Å². The van der Waals surface area contributed by atoms with E-state index < -0.39 is 11.4 Å². The summed E-state index contributed by atoms with van der Waals surface area (Å²) in [5.41, 5.74) is 1.01. The molecule has 1 aliphatic carbocycles. The molecule has 152 valence electrons. The Hall–Kier alpha value is -3.55. The molecule has 0 unspecified atom stereocenters. The molecule has 1 N–H and O–H groups in total. The van der Waals surface area contributed by atoms with Crippen LogP contribution in [0.2, 0.25) is 0 Å². The molecule has 5 rings (SSSR count). The Kier molecular flexibility index (Phi) is 4.34. The van der Waals surface area contributed by atoms with Crippen LogP contribution in [0.1, 0.15) is 41.6 Å². The van der Waals surface area contributed by atoms with E-state index in [1.807, 2.05) is 0 Å². The standard InChI is InChI=1S/C22H19FN4O3/c23-17-3-1-2-4-18(17)27-12-8-19(26-27)25-20(28)14-5-9-22(10-6-14)16-13-24-11-7-15(16)21(29)30-22/h1-4,7-8,11-14H,5-6,9-10H2,(H,25,26,28)/t14-,22+. The minimum atomic E-state index is -0.677. The quantitative estimate of drug-likeness (QED) is 0.672. The number of nitrogens with one attached hydrogen (secondary N) is 1. The molecule has 3 aromatic rings. The lowest BCUT2D eigenvalue weighted by molar-refractivity contribution is -0.122. The summed E-state index contributed by atoms with van der Waals surface area (Å²) in [6.07, 6.45) is 7.18. The summed E-state index contributed by atoms with van der Waals surface area (Å²) in [4.78, 5) is 29.0. The van der Waals surface area contributed by atoms with E-state index in [4.69, 9.17) is 4.74 Å². The van der Waals surface area contributed by atoms with Gasteiger partial charge in [0.15, 0.2) is 5.82 Å². The molecule has 30 heavy (non-hydrogen) atoms. The Morgan fingerprint density at radius 2 is 2.00 bits per heavy atom. The molecule has 0 bridgehead atoms. The third kappa shape index (κ3) is 3.04. The van der Waals surface area contributed by atoms with E-state index in [9.17, 15) is 14.0 Å². The number of hydrogen-bond acceptors (Lipinski definition) is 5. The molecule has 1 spiro atoms. The normalized spacial score (nSPS) is 22.6. The Morgan fingerprint density at radius 3 is 2.80 bits per heavy atom. The molecule has 7 nitrogen and oxygen atoms in total. The average molecular weight is 406 g/mol. The second-order valence-corrected chi connectivity index (χ2v) is 7.67. The lowest BCUT2D eigenvalue weighted by Crippen LogP contribution is -2.36. The van der Waals surface area contributed by atoms with Crippen LogP contribution in [0.5, 0.6) is 0 Å². The van der Waals surface area contributed by atoms with Gasteiger partial charge in [-0.2, -0.15) is 0 Å². The van der Waals surface area contributed by atoms with Gasteiger partial charge in [0, 0.05) is 36.1 Å². The fourth-order valence-corrected chi connectivity index (χ4v) is 4.33.